The van der Waals surface area contributed by atoms with E-state index in [0.29, 0.717) is 17.2 Å². The summed E-state index contributed by atoms with van der Waals surface area (Å²) in [5, 5.41) is 12.4. The largest absolute Gasteiger partial charge is 0.412 e. The number of rotatable bonds is 5. The quantitative estimate of drug-likeness (QED) is 0.617. The Labute approximate surface area is 148 Å². The molecule has 0 aliphatic rings. The van der Waals surface area contributed by atoms with E-state index in [2.05, 4.69) is 10.3 Å². The number of nitrogens with one attached hydrogen (secondary N) is 1. The predicted molar refractivity (Wildman–Crippen MR) is 93.9 cm³/mol. The molecule has 0 radical (unpaired) electrons. The third-order valence-electron chi connectivity index (χ3n) is 3.47. The maximum atomic E-state index is 12.5. The maximum Gasteiger partial charge on any atom is 0.412 e. The van der Waals surface area contributed by atoms with E-state index < -0.39 is 23.9 Å². The van der Waals surface area contributed by atoms with E-state index in [1.165, 1.54) is 12.3 Å². The summed E-state index contributed by atoms with van der Waals surface area (Å²) in [4.78, 5) is 15.8. The van der Waals surface area contributed by atoms with Crippen LogP contribution in [0.15, 0.2) is 71.2 Å². The Morgan fingerprint density at radius 1 is 1.12 bits per heavy atom. The SMILES string of the molecule is CC(=CC(=O)Nc1ccccc1C=NC(O)c1ccccc1)C(F)(F)F. The molecular formula is C19H17F3N2O2. The van der Waals surface area contributed by atoms with Gasteiger partial charge in [-0.1, -0.05) is 48.5 Å². The van der Waals surface area contributed by atoms with Crippen LogP contribution in [-0.2, 0) is 4.79 Å². The average molecular weight is 362 g/mol. The summed E-state index contributed by atoms with van der Waals surface area (Å²) in [6, 6.07) is 15.2. The van der Waals surface area contributed by atoms with Crippen molar-refractivity contribution >= 4 is 17.8 Å². The Morgan fingerprint density at radius 3 is 2.38 bits per heavy atom. The van der Waals surface area contributed by atoms with Crippen molar-refractivity contribution in [1.29, 1.82) is 0 Å². The summed E-state index contributed by atoms with van der Waals surface area (Å²) in [6.07, 6.45) is -3.80. The normalized spacial score (nSPS) is 13.7. The van der Waals surface area contributed by atoms with E-state index in [0.717, 1.165) is 6.92 Å². The summed E-state index contributed by atoms with van der Waals surface area (Å²) in [5.41, 5.74) is 0.330. The van der Waals surface area contributed by atoms with Gasteiger partial charge in [0.15, 0.2) is 6.23 Å². The van der Waals surface area contributed by atoms with Crippen LogP contribution in [0, 0.1) is 0 Å². The van der Waals surface area contributed by atoms with Crippen molar-refractivity contribution in [2.24, 2.45) is 4.99 Å². The molecule has 0 aromatic heterocycles. The minimum atomic E-state index is -4.56. The summed E-state index contributed by atoms with van der Waals surface area (Å²) in [6.45, 7) is 0.823. The van der Waals surface area contributed by atoms with Gasteiger partial charge in [-0.15, -0.1) is 0 Å². The molecule has 2 N–H and O–H groups in total. The zero-order chi connectivity index (χ0) is 19.2. The molecule has 26 heavy (non-hydrogen) atoms. The highest BCUT2D eigenvalue weighted by Crippen LogP contribution is 2.25. The number of hydrogen-bond donors (Lipinski definition) is 2. The van der Waals surface area contributed by atoms with Gasteiger partial charge in [-0.25, -0.2) is 0 Å². The van der Waals surface area contributed by atoms with Crippen LogP contribution in [0.25, 0.3) is 0 Å². The first-order chi connectivity index (χ1) is 12.3. The highest BCUT2D eigenvalue weighted by molar-refractivity contribution is 6.03. The fourth-order valence-corrected chi connectivity index (χ4v) is 2.03. The lowest BCUT2D eigenvalue weighted by Gasteiger charge is -2.09. The molecule has 0 heterocycles. The first-order valence-corrected chi connectivity index (χ1v) is 7.69. The molecule has 0 spiro atoms. The van der Waals surface area contributed by atoms with E-state index in [1.54, 1.807) is 48.5 Å². The van der Waals surface area contributed by atoms with Crippen molar-refractivity contribution in [3.05, 3.63) is 77.4 Å². The Morgan fingerprint density at radius 2 is 1.73 bits per heavy atom. The predicted octanol–water partition coefficient (Wildman–Crippen LogP) is 4.24. The van der Waals surface area contributed by atoms with Gasteiger partial charge < -0.3 is 10.4 Å². The van der Waals surface area contributed by atoms with Gasteiger partial charge in [0.2, 0.25) is 5.91 Å². The van der Waals surface area contributed by atoms with Crippen LogP contribution >= 0.6 is 0 Å². The van der Waals surface area contributed by atoms with Crippen molar-refractivity contribution in [3.63, 3.8) is 0 Å². The molecule has 0 saturated heterocycles. The minimum absolute atomic E-state index is 0.285. The Balaban J connectivity index is 2.15. The van der Waals surface area contributed by atoms with Crippen molar-refractivity contribution in [1.82, 2.24) is 0 Å². The molecule has 2 rings (SSSR count). The fourth-order valence-electron chi connectivity index (χ4n) is 2.03. The summed E-state index contributed by atoms with van der Waals surface area (Å²) in [5.74, 6) is -0.899. The number of allylic oxidation sites excluding steroid dienone is 1. The molecule has 1 atom stereocenters. The molecule has 2 aromatic carbocycles. The van der Waals surface area contributed by atoms with Crippen LogP contribution in [0.3, 0.4) is 0 Å². The molecule has 2 aromatic rings. The van der Waals surface area contributed by atoms with Crippen LogP contribution in [-0.4, -0.2) is 23.4 Å². The molecule has 1 amide bonds. The molecule has 1 unspecified atom stereocenters. The number of alkyl halides is 3. The van der Waals surface area contributed by atoms with E-state index in [1.807, 2.05) is 0 Å². The lowest BCUT2D eigenvalue weighted by molar-refractivity contribution is -0.113. The van der Waals surface area contributed by atoms with Crippen molar-refractivity contribution < 1.29 is 23.1 Å². The van der Waals surface area contributed by atoms with Crippen LogP contribution in [0.1, 0.15) is 24.3 Å². The van der Waals surface area contributed by atoms with Gasteiger partial charge in [-0.2, -0.15) is 13.2 Å². The number of halogens is 3. The van der Waals surface area contributed by atoms with Crippen LogP contribution in [0.2, 0.25) is 0 Å². The first-order valence-electron chi connectivity index (χ1n) is 7.69. The van der Waals surface area contributed by atoms with Gasteiger partial charge in [0.25, 0.3) is 0 Å². The van der Waals surface area contributed by atoms with E-state index in [9.17, 15) is 23.1 Å². The molecule has 7 heteroatoms. The number of carbonyl (C=O) groups excluding carboxylic acids is 1. The standard InChI is InChI=1S/C19H17F3N2O2/c1-13(19(20,21)22)11-17(25)24-16-10-6-5-9-15(16)12-23-18(26)14-7-3-2-4-8-14/h2-12,18,26H,1H3,(H,24,25). The van der Waals surface area contributed by atoms with Crippen molar-refractivity contribution in [2.45, 2.75) is 19.3 Å². The number of para-hydroxylation sites is 1. The zero-order valence-electron chi connectivity index (χ0n) is 13.9. The number of amides is 1. The zero-order valence-corrected chi connectivity index (χ0v) is 13.9. The Kier molecular flexibility index (Phi) is 6.30. The number of aliphatic imine (C=N–C) groups is 1. The highest BCUT2D eigenvalue weighted by atomic mass is 19.4. The number of aliphatic hydroxyl groups excluding tert-OH is 1. The molecule has 0 saturated carbocycles. The van der Waals surface area contributed by atoms with Gasteiger partial charge in [-0.05, 0) is 13.0 Å². The van der Waals surface area contributed by atoms with Gasteiger partial charge in [0.1, 0.15) is 0 Å². The molecule has 0 aliphatic carbocycles. The molecule has 0 fully saturated rings. The fraction of sp³-hybridized carbons (Fsp3) is 0.158. The van der Waals surface area contributed by atoms with Gasteiger partial charge >= 0.3 is 6.18 Å². The number of nitrogens with zero attached hydrogens (tertiary/aromatic N) is 1. The molecular weight excluding hydrogens is 345 g/mol. The highest BCUT2D eigenvalue weighted by Gasteiger charge is 2.30. The number of hydrogen-bond acceptors (Lipinski definition) is 3. The number of benzene rings is 2. The van der Waals surface area contributed by atoms with E-state index >= 15 is 0 Å². The first kappa shape index (κ1) is 19.4. The lowest BCUT2D eigenvalue weighted by atomic mass is 10.1. The summed E-state index contributed by atoms with van der Waals surface area (Å²) >= 11 is 0. The van der Waals surface area contributed by atoms with Crippen LogP contribution < -0.4 is 5.32 Å². The van der Waals surface area contributed by atoms with Crippen molar-refractivity contribution in [3.8, 4) is 0 Å². The minimum Gasteiger partial charge on any atom is -0.368 e. The van der Waals surface area contributed by atoms with Gasteiger partial charge in [0.05, 0.1) is 0 Å². The second-order valence-electron chi connectivity index (χ2n) is 5.46. The Hall–Kier alpha value is -2.93. The molecule has 0 bridgehead atoms. The summed E-state index contributed by atoms with van der Waals surface area (Å²) < 4.78 is 37.5. The van der Waals surface area contributed by atoms with Crippen LogP contribution in [0.4, 0.5) is 18.9 Å². The average Bonchev–Trinajstić information content (AvgIpc) is 2.60. The molecule has 0 aliphatic heterocycles. The molecule has 4 nitrogen and oxygen atoms in total. The van der Waals surface area contributed by atoms with E-state index in [4.69, 9.17) is 0 Å². The Bertz CT molecular complexity index is 815. The lowest BCUT2D eigenvalue weighted by Crippen LogP contribution is -2.15. The molecule has 136 valence electrons. The second-order valence-corrected chi connectivity index (χ2v) is 5.46. The van der Waals surface area contributed by atoms with E-state index in [-0.39, 0.29) is 5.69 Å². The third-order valence-corrected chi connectivity index (χ3v) is 3.47. The number of carbonyl (C=O) groups is 1. The third kappa shape index (κ3) is 5.56. The van der Waals surface area contributed by atoms with Crippen molar-refractivity contribution in [2.75, 3.05) is 5.32 Å². The topological polar surface area (TPSA) is 61.7 Å². The monoisotopic (exact) mass is 362 g/mol. The second kappa shape index (κ2) is 8.44. The summed E-state index contributed by atoms with van der Waals surface area (Å²) in [7, 11) is 0. The van der Waals surface area contributed by atoms with Crippen LogP contribution in [0.5, 0.6) is 0 Å². The maximum absolute atomic E-state index is 12.5. The van der Waals surface area contributed by atoms with Gasteiger partial charge in [0, 0.05) is 34.7 Å². The number of anilines is 1. The number of aliphatic hydroxyl groups is 1. The van der Waals surface area contributed by atoms with Gasteiger partial charge in [-0.3, -0.25) is 9.79 Å². The smallest absolute Gasteiger partial charge is 0.368 e.